The molecule has 2 fully saturated rings. The molecule has 2 heterocycles. The van der Waals surface area contributed by atoms with E-state index in [-0.39, 0.29) is 0 Å². The normalized spacial score (nSPS) is 24.5. The zero-order valence-electron chi connectivity index (χ0n) is 11.8. The number of hydrogen-bond acceptors (Lipinski definition) is 3. The van der Waals surface area contributed by atoms with Crippen LogP contribution in [0.3, 0.4) is 0 Å². The molecule has 0 bridgehead atoms. The first-order valence-electron chi connectivity index (χ1n) is 7.94. The molecule has 0 atom stereocenters. The second-order valence-electron chi connectivity index (χ2n) is 6.05. The van der Waals surface area contributed by atoms with Crippen molar-refractivity contribution in [2.45, 2.75) is 44.9 Å². The van der Waals surface area contributed by atoms with Crippen LogP contribution in [0.1, 0.15) is 44.9 Å². The largest absolute Gasteiger partial charge is 0.395 e. The summed E-state index contributed by atoms with van der Waals surface area (Å²) in [5, 5.41) is 8.92. The molecule has 0 aromatic rings. The van der Waals surface area contributed by atoms with Crippen molar-refractivity contribution in [3.8, 4) is 0 Å². The first-order chi connectivity index (χ1) is 8.88. The number of rotatable bonds is 6. The molecule has 0 amide bonds. The second-order valence-corrected chi connectivity index (χ2v) is 6.05. The Bertz CT molecular complexity index is 209. The minimum absolute atomic E-state index is 0.319. The van der Waals surface area contributed by atoms with Crippen LogP contribution in [0.2, 0.25) is 0 Å². The van der Waals surface area contributed by atoms with Crippen molar-refractivity contribution in [2.75, 3.05) is 45.9 Å². The molecule has 2 aliphatic heterocycles. The Morgan fingerprint density at radius 1 is 0.833 bits per heavy atom. The second kappa shape index (κ2) is 8.13. The van der Waals surface area contributed by atoms with Crippen molar-refractivity contribution < 1.29 is 5.11 Å². The fraction of sp³-hybridized carbons (Fsp3) is 1.00. The van der Waals surface area contributed by atoms with Crippen molar-refractivity contribution in [3.05, 3.63) is 0 Å². The van der Waals surface area contributed by atoms with Gasteiger partial charge in [-0.15, -0.1) is 0 Å². The van der Waals surface area contributed by atoms with Gasteiger partial charge in [0, 0.05) is 6.54 Å². The Balaban J connectivity index is 1.52. The minimum atomic E-state index is 0.319. The van der Waals surface area contributed by atoms with E-state index in [2.05, 4.69) is 9.80 Å². The summed E-state index contributed by atoms with van der Waals surface area (Å²) in [6, 6.07) is 0. The van der Waals surface area contributed by atoms with Gasteiger partial charge in [-0.1, -0.05) is 6.42 Å². The maximum absolute atomic E-state index is 8.92. The van der Waals surface area contributed by atoms with Crippen LogP contribution in [-0.4, -0.2) is 60.8 Å². The van der Waals surface area contributed by atoms with E-state index in [4.69, 9.17) is 5.11 Å². The zero-order chi connectivity index (χ0) is 12.6. The highest BCUT2D eigenvalue weighted by molar-refractivity contribution is 4.73. The number of hydrogen-bond donors (Lipinski definition) is 1. The topological polar surface area (TPSA) is 26.7 Å². The molecule has 106 valence electrons. The molecular formula is C15H30N2O. The fourth-order valence-corrected chi connectivity index (χ4v) is 3.43. The Labute approximate surface area is 112 Å². The van der Waals surface area contributed by atoms with Gasteiger partial charge in [-0.05, 0) is 77.2 Å². The van der Waals surface area contributed by atoms with Gasteiger partial charge >= 0.3 is 0 Å². The van der Waals surface area contributed by atoms with E-state index in [1.165, 1.54) is 77.7 Å². The van der Waals surface area contributed by atoms with Crippen LogP contribution < -0.4 is 0 Å². The summed E-state index contributed by atoms with van der Waals surface area (Å²) in [5.41, 5.74) is 0. The van der Waals surface area contributed by atoms with Crippen molar-refractivity contribution in [2.24, 2.45) is 5.92 Å². The lowest BCUT2D eigenvalue weighted by atomic mass is 9.92. The zero-order valence-corrected chi connectivity index (χ0v) is 11.8. The van der Waals surface area contributed by atoms with Gasteiger partial charge in [0.2, 0.25) is 0 Å². The molecule has 3 heteroatoms. The molecule has 0 saturated carbocycles. The van der Waals surface area contributed by atoms with E-state index in [0.717, 1.165) is 12.5 Å². The van der Waals surface area contributed by atoms with E-state index < -0.39 is 0 Å². The Morgan fingerprint density at radius 3 is 2.17 bits per heavy atom. The van der Waals surface area contributed by atoms with Gasteiger partial charge in [-0.25, -0.2) is 0 Å². The summed E-state index contributed by atoms with van der Waals surface area (Å²) in [6.45, 7) is 7.62. The van der Waals surface area contributed by atoms with Crippen LogP contribution in [0, 0.1) is 5.92 Å². The maximum Gasteiger partial charge on any atom is 0.0558 e. The molecule has 0 unspecified atom stereocenters. The van der Waals surface area contributed by atoms with Gasteiger partial charge < -0.3 is 14.9 Å². The smallest absolute Gasteiger partial charge is 0.0558 e. The van der Waals surface area contributed by atoms with Crippen LogP contribution in [-0.2, 0) is 0 Å². The number of nitrogens with zero attached hydrogens (tertiary/aromatic N) is 2. The average Bonchev–Trinajstić information content (AvgIpc) is 2.42. The molecule has 2 saturated heterocycles. The van der Waals surface area contributed by atoms with E-state index in [1.54, 1.807) is 0 Å². The van der Waals surface area contributed by atoms with Crippen LogP contribution in [0.5, 0.6) is 0 Å². The highest BCUT2D eigenvalue weighted by atomic mass is 16.3. The third-order valence-electron chi connectivity index (χ3n) is 4.66. The molecule has 2 rings (SSSR count). The highest BCUT2D eigenvalue weighted by Crippen LogP contribution is 2.22. The Morgan fingerprint density at radius 2 is 1.50 bits per heavy atom. The summed E-state index contributed by atoms with van der Waals surface area (Å²) in [4.78, 5) is 5.06. The molecule has 0 spiro atoms. The van der Waals surface area contributed by atoms with Crippen molar-refractivity contribution >= 4 is 0 Å². The lowest BCUT2D eigenvalue weighted by Gasteiger charge is -2.32. The van der Waals surface area contributed by atoms with Crippen LogP contribution in [0.25, 0.3) is 0 Å². The molecule has 1 N–H and O–H groups in total. The minimum Gasteiger partial charge on any atom is -0.395 e. The van der Waals surface area contributed by atoms with Crippen LogP contribution in [0.4, 0.5) is 0 Å². The van der Waals surface area contributed by atoms with E-state index in [0.29, 0.717) is 6.61 Å². The molecule has 18 heavy (non-hydrogen) atoms. The first kappa shape index (κ1) is 14.3. The SMILES string of the molecule is OCCN1CCC(CCCN2CCCCC2)CC1. The summed E-state index contributed by atoms with van der Waals surface area (Å²) >= 11 is 0. The monoisotopic (exact) mass is 254 g/mol. The summed E-state index contributed by atoms with van der Waals surface area (Å²) in [5.74, 6) is 0.949. The number of likely N-dealkylation sites (tertiary alicyclic amines) is 2. The number of β-amino-alcohol motifs (C(OH)–C–C–N with tert-alkyl or cyclic N) is 1. The number of aliphatic hydroxyl groups excluding tert-OH is 1. The van der Waals surface area contributed by atoms with Crippen molar-refractivity contribution in [1.82, 2.24) is 9.80 Å². The summed E-state index contributed by atoms with van der Waals surface area (Å²) < 4.78 is 0. The van der Waals surface area contributed by atoms with Crippen molar-refractivity contribution in [3.63, 3.8) is 0 Å². The van der Waals surface area contributed by atoms with Gasteiger partial charge in [0.1, 0.15) is 0 Å². The predicted molar refractivity (Wildman–Crippen MR) is 75.8 cm³/mol. The van der Waals surface area contributed by atoms with Gasteiger partial charge in [0.25, 0.3) is 0 Å². The summed E-state index contributed by atoms with van der Waals surface area (Å²) in [6.07, 6.45) is 9.78. The van der Waals surface area contributed by atoms with E-state index in [1.807, 2.05) is 0 Å². The molecule has 0 aromatic carbocycles. The lowest BCUT2D eigenvalue weighted by molar-refractivity contribution is 0.140. The van der Waals surface area contributed by atoms with Gasteiger partial charge in [0.05, 0.1) is 6.61 Å². The molecule has 0 aromatic heterocycles. The van der Waals surface area contributed by atoms with Gasteiger partial charge in [0.15, 0.2) is 0 Å². The Hall–Kier alpha value is -0.120. The fourth-order valence-electron chi connectivity index (χ4n) is 3.43. The van der Waals surface area contributed by atoms with Gasteiger partial charge in [-0.3, -0.25) is 0 Å². The van der Waals surface area contributed by atoms with Crippen LogP contribution >= 0.6 is 0 Å². The Kier molecular flexibility index (Phi) is 6.46. The molecule has 3 nitrogen and oxygen atoms in total. The highest BCUT2D eigenvalue weighted by Gasteiger charge is 2.18. The quantitative estimate of drug-likeness (QED) is 0.785. The summed E-state index contributed by atoms with van der Waals surface area (Å²) in [7, 11) is 0. The predicted octanol–water partition coefficient (Wildman–Crippen LogP) is 1.96. The van der Waals surface area contributed by atoms with Crippen molar-refractivity contribution in [1.29, 1.82) is 0 Å². The van der Waals surface area contributed by atoms with E-state index in [9.17, 15) is 0 Å². The molecule has 0 radical (unpaired) electrons. The third-order valence-corrected chi connectivity index (χ3v) is 4.66. The maximum atomic E-state index is 8.92. The average molecular weight is 254 g/mol. The lowest BCUT2D eigenvalue weighted by Crippen LogP contribution is -2.36. The third kappa shape index (κ3) is 4.87. The molecular weight excluding hydrogens is 224 g/mol. The molecule has 2 aliphatic rings. The number of piperidine rings is 2. The standard InChI is InChI=1S/C15H30N2O/c18-14-13-17-11-6-15(7-12-17)5-4-10-16-8-2-1-3-9-16/h15,18H,1-14H2. The van der Waals surface area contributed by atoms with Crippen LogP contribution in [0.15, 0.2) is 0 Å². The van der Waals surface area contributed by atoms with E-state index >= 15 is 0 Å². The molecule has 0 aliphatic carbocycles. The first-order valence-corrected chi connectivity index (χ1v) is 7.94. The van der Waals surface area contributed by atoms with Gasteiger partial charge in [-0.2, -0.15) is 0 Å². The number of aliphatic hydroxyl groups is 1.